The van der Waals surface area contributed by atoms with Crippen LogP contribution in [0, 0.1) is 11.8 Å². The molecule has 0 spiro atoms. The maximum atomic E-state index is 5.35. The van der Waals surface area contributed by atoms with Gasteiger partial charge in [-0.05, 0) is 11.8 Å². The third-order valence-corrected chi connectivity index (χ3v) is 3.81. The van der Waals surface area contributed by atoms with Gasteiger partial charge in [-0.15, -0.1) is 0 Å². The van der Waals surface area contributed by atoms with Crippen molar-refractivity contribution in [1.82, 2.24) is 0 Å². The molecule has 0 atom stereocenters. The summed E-state index contributed by atoms with van der Waals surface area (Å²) in [5, 5.41) is 0. The van der Waals surface area contributed by atoms with Crippen LogP contribution in [0.1, 0.15) is 148 Å². The smallest absolute Gasteiger partial charge is 0.0735 e. The lowest BCUT2D eigenvalue weighted by molar-refractivity contribution is 0.477. The number of hydrogen-bond donors (Lipinski definition) is 0. The van der Waals surface area contributed by atoms with E-state index in [1.165, 1.54) is 64.2 Å². The largest absolute Gasteiger partial charge is 0.0776 e. The van der Waals surface area contributed by atoms with Crippen LogP contribution in [0.5, 0.6) is 0 Å². The van der Waals surface area contributed by atoms with E-state index in [1.807, 2.05) is 20.8 Å². The van der Waals surface area contributed by atoms with Crippen LogP contribution in [0.25, 0.3) is 0 Å². The van der Waals surface area contributed by atoms with Crippen molar-refractivity contribution in [3.63, 3.8) is 0 Å². The van der Waals surface area contributed by atoms with Gasteiger partial charge in [-0.2, -0.15) is 0 Å². The van der Waals surface area contributed by atoms with Crippen molar-refractivity contribution >= 4 is 7.85 Å². The second-order valence-corrected chi connectivity index (χ2v) is 8.70. The number of rotatable bonds is 9. The maximum absolute atomic E-state index is 5.35. The molecule has 0 aromatic heterocycles. The molecular formula is C25H59B. The van der Waals surface area contributed by atoms with Crippen LogP contribution in [-0.2, 0) is 0 Å². The molecule has 0 unspecified atom stereocenters. The molecule has 0 saturated carbocycles. The first-order valence-corrected chi connectivity index (χ1v) is 11.3. The van der Waals surface area contributed by atoms with Gasteiger partial charge in [-0.3, -0.25) is 0 Å². The third-order valence-electron chi connectivity index (χ3n) is 3.81. The van der Waals surface area contributed by atoms with Gasteiger partial charge in [0.05, 0.1) is 7.85 Å². The molecule has 0 rings (SSSR count). The summed E-state index contributed by atoms with van der Waals surface area (Å²) in [6, 6.07) is 0. The molecule has 1 heteroatoms. The Hall–Kier alpha value is 0.0649. The summed E-state index contributed by atoms with van der Waals surface area (Å²) in [5.74, 6) is 1.88. The van der Waals surface area contributed by atoms with Crippen LogP contribution < -0.4 is 0 Å². The maximum Gasteiger partial charge on any atom is 0.0735 e. The standard InChI is InChI=1S/2C7H16.C6H14.C4H9B.CH4/c1-4-7(5-2)6-3;1-3-5-7-6-4-2;1-4-5-6(2)3;1-4(2,3)5;/h7H,4-6H2,1-3H3;3-7H2,1-2H3;6H,4-5H2,1-3H3;1-3H3;1H4. The van der Waals surface area contributed by atoms with E-state index in [4.69, 9.17) is 7.85 Å². The van der Waals surface area contributed by atoms with E-state index < -0.39 is 0 Å². The summed E-state index contributed by atoms with van der Waals surface area (Å²) in [6.45, 7) is 23.9. The van der Waals surface area contributed by atoms with Crippen LogP contribution in [0.15, 0.2) is 0 Å². The first-order chi connectivity index (χ1) is 11.5. The van der Waals surface area contributed by atoms with Crippen LogP contribution in [-0.4, -0.2) is 7.85 Å². The molecule has 2 radical (unpaired) electrons. The Labute approximate surface area is 173 Å². The molecular weight excluding hydrogens is 311 g/mol. The average molecular weight is 371 g/mol. The molecule has 162 valence electrons. The molecule has 0 nitrogen and oxygen atoms in total. The Morgan fingerprint density at radius 2 is 0.962 bits per heavy atom. The molecule has 0 aromatic carbocycles. The zero-order valence-corrected chi connectivity index (χ0v) is 20.3. The van der Waals surface area contributed by atoms with E-state index in [9.17, 15) is 0 Å². The molecule has 0 saturated heterocycles. The predicted molar refractivity (Wildman–Crippen MR) is 131 cm³/mol. The van der Waals surface area contributed by atoms with Crippen molar-refractivity contribution in [2.24, 2.45) is 11.8 Å². The van der Waals surface area contributed by atoms with Crippen molar-refractivity contribution in [3.8, 4) is 0 Å². The van der Waals surface area contributed by atoms with Crippen molar-refractivity contribution in [1.29, 1.82) is 0 Å². The van der Waals surface area contributed by atoms with Gasteiger partial charge in [0.25, 0.3) is 0 Å². The Morgan fingerprint density at radius 3 is 1.04 bits per heavy atom. The monoisotopic (exact) mass is 370 g/mol. The molecule has 0 aliphatic carbocycles. The highest BCUT2D eigenvalue weighted by Crippen LogP contribution is 2.13. The minimum atomic E-state index is 0. The molecule has 0 fully saturated rings. The van der Waals surface area contributed by atoms with Crippen molar-refractivity contribution in [2.75, 3.05) is 0 Å². The van der Waals surface area contributed by atoms with Crippen molar-refractivity contribution in [3.05, 3.63) is 0 Å². The lowest BCUT2D eigenvalue weighted by atomic mass is 9.75. The Morgan fingerprint density at radius 1 is 0.654 bits per heavy atom. The predicted octanol–water partition coefficient (Wildman–Crippen LogP) is 10.3. The van der Waals surface area contributed by atoms with Gasteiger partial charge < -0.3 is 0 Å². The molecule has 0 bridgehead atoms. The molecule has 0 aliphatic rings. The fourth-order valence-electron chi connectivity index (χ4n) is 2.12. The number of hydrogen-bond acceptors (Lipinski definition) is 0. The minimum absolute atomic E-state index is 0. The summed E-state index contributed by atoms with van der Waals surface area (Å²) in [6.07, 6.45) is 13.8. The highest BCUT2D eigenvalue weighted by molar-refractivity contribution is 6.14. The molecule has 0 N–H and O–H groups in total. The molecule has 26 heavy (non-hydrogen) atoms. The normalized spacial score (nSPS) is 9.88. The van der Waals surface area contributed by atoms with Crippen molar-refractivity contribution < 1.29 is 0 Å². The van der Waals surface area contributed by atoms with Gasteiger partial charge in [0.15, 0.2) is 0 Å². The van der Waals surface area contributed by atoms with Crippen LogP contribution in [0.4, 0.5) is 0 Å². The van der Waals surface area contributed by atoms with Gasteiger partial charge >= 0.3 is 0 Å². The van der Waals surface area contributed by atoms with E-state index in [0.717, 1.165) is 11.8 Å². The Balaban J connectivity index is -0.0000000750. The zero-order chi connectivity index (χ0) is 20.7. The van der Waals surface area contributed by atoms with Gasteiger partial charge in [0, 0.05) is 0 Å². The van der Waals surface area contributed by atoms with Gasteiger partial charge in [-0.1, -0.05) is 153 Å². The summed E-state index contributed by atoms with van der Waals surface area (Å²) in [7, 11) is 5.35. The van der Waals surface area contributed by atoms with E-state index in [2.05, 4.69) is 55.4 Å². The van der Waals surface area contributed by atoms with E-state index in [-0.39, 0.29) is 12.7 Å². The van der Waals surface area contributed by atoms with E-state index >= 15 is 0 Å². The van der Waals surface area contributed by atoms with Gasteiger partial charge in [-0.25, -0.2) is 0 Å². The SMILES string of the molecule is C.CCC(CC)CC.CCCC(C)C.CCCCCCC.[B]C(C)(C)C. The quantitative estimate of drug-likeness (QED) is 0.280. The molecule has 0 aliphatic heterocycles. The summed E-state index contributed by atoms with van der Waals surface area (Å²) < 4.78 is 0. The highest BCUT2D eigenvalue weighted by atomic mass is 14.0. The lowest BCUT2D eigenvalue weighted by Gasteiger charge is -2.05. The Bertz CT molecular complexity index is 171. The molecule has 0 aromatic rings. The molecule has 0 amide bonds. The van der Waals surface area contributed by atoms with E-state index in [0.29, 0.717) is 0 Å². The van der Waals surface area contributed by atoms with Gasteiger partial charge in [0.2, 0.25) is 0 Å². The zero-order valence-electron chi connectivity index (χ0n) is 20.3. The minimum Gasteiger partial charge on any atom is -0.0776 e. The fourth-order valence-corrected chi connectivity index (χ4v) is 2.12. The van der Waals surface area contributed by atoms with Crippen molar-refractivity contribution in [2.45, 2.75) is 153 Å². The first kappa shape index (κ1) is 36.9. The third kappa shape index (κ3) is 75.0. The van der Waals surface area contributed by atoms with Crippen LogP contribution >= 0.6 is 0 Å². The fraction of sp³-hybridized carbons (Fsp3) is 1.00. The Kier molecular flexibility index (Phi) is 42.3. The number of unbranched alkanes of at least 4 members (excludes halogenated alkanes) is 4. The van der Waals surface area contributed by atoms with Crippen LogP contribution in [0.2, 0.25) is 5.31 Å². The highest BCUT2D eigenvalue weighted by Gasteiger charge is 1.96. The van der Waals surface area contributed by atoms with Gasteiger partial charge in [0.1, 0.15) is 0 Å². The van der Waals surface area contributed by atoms with Crippen LogP contribution in [0.3, 0.4) is 0 Å². The second kappa shape index (κ2) is 29.8. The second-order valence-electron chi connectivity index (χ2n) is 8.70. The van der Waals surface area contributed by atoms with E-state index in [1.54, 1.807) is 0 Å². The topological polar surface area (TPSA) is 0 Å². The first-order valence-electron chi connectivity index (χ1n) is 11.3. The average Bonchev–Trinajstić information content (AvgIpc) is 2.49. The molecule has 0 heterocycles. The summed E-state index contributed by atoms with van der Waals surface area (Å²) in [5.41, 5.74) is 0. The summed E-state index contributed by atoms with van der Waals surface area (Å²) in [4.78, 5) is 0. The lowest BCUT2D eigenvalue weighted by Crippen LogP contribution is -1.91. The summed E-state index contributed by atoms with van der Waals surface area (Å²) >= 11 is 0.